The third kappa shape index (κ3) is 39.8. The van der Waals surface area contributed by atoms with Crippen molar-refractivity contribution in [2.45, 2.75) is 107 Å². The van der Waals surface area contributed by atoms with Crippen molar-refractivity contribution < 1.29 is 0 Å². The Morgan fingerprint density at radius 1 is 0.821 bits per heavy atom. The van der Waals surface area contributed by atoms with Gasteiger partial charge in [-0.15, -0.1) is 0 Å². The molecule has 3 nitrogen and oxygen atoms in total. The number of hydrogen-bond donors (Lipinski definition) is 3. The Morgan fingerprint density at radius 2 is 1.18 bits per heavy atom. The molecule has 1 aromatic rings. The largest absolute Gasteiger partial charge is 0.399 e. The summed E-state index contributed by atoms with van der Waals surface area (Å²) in [5, 5.41) is 3.30. The van der Waals surface area contributed by atoms with Crippen LogP contribution in [0, 0.1) is 5.92 Å². The molecule has 172 valence electrons. The molecule has 28 heavy (non-hydrogen) atoms. The van der Waals surface area contributed by atoms with Gasteiger partial charge in [0, 0.05) is 11.7 Å². The predicted octanol–water partition coefficient (Wildman–Crippen LogP) is 7.51. The minimum Gasteiger partial charge on any atom is -0.399 e. The molecule has 0 bridgehead atoms. The number of nitrogens with one attached hydrogen (secondary N) is 1. The standard InChI is InChI=1S/C7H15N.C6H7N.C4H11N.4C2H6/c1-8-7-5-3-2-4-6-7;7-6-4-2-1-3-5-6;1-4(2)3-5;4*1-2/h7-8H,2-6H2,1H3;1-5H,7H2;4H,3,5H2,1-2H3;4*1-2H3. The lowest BCUT2D eigenvalue weighted by Gasteiger charge is -2.20. The van der Waals surface area contributed by atoms with Crippen molar-refractivity contribution >= 4 is 5.69 Å². The van der Waals surface area contributed by atoms with Crippen LogP contribution in [-0.4, -0.2) is 19.6 Å². The Hall–Kier alpha value is -1.06. The molecular formula is C25H57N3. The Balaban J connectivity index is -0.0000000814. The number of nitrogens with two attached hydrogens (primary N) is 2. The van der Waals surface area contributed by atoms with Gasteiger partial charge in [0.1, 0.15) is 0 Å². The van der Waals surface area contributed by atoms with Gasteiger partial charge >= 0.3 is 0 Å². The Labute approximate surface area is 180 Å². The number of hydrogen-bond acceptors (Lipinski definition) is 3. The van der Waals surface area contributed by atoms with Crippen molar-refractivity contribution in [2.24, 2.45) is 11.7 Å². The molecule has 0 spiro atoms. The average Bonchev–Trinajstić information content (AvgIpc) is 2.81. The highest BCUT2D eigenvalue weighted by molar-refractivity contribution is 5.35. The van der Waals surface area contributed by atoms with E-state index < -0.39 is 0 Å². The summed E-state index contributed by atoms with van der Waals surface area (Å²) in [5.74, 6) is 0.662. The van der Waals surface area contributed by atoms with Gasteiger partial charge in [-0.1, -0.05) is 107 Å². The molecule has 1 aliphatic rings. The summed E-state index contributed by atoms with van der Waals surface area (Å²) in [4.78, 5) is 0. The Morgan fingerprint density at radius 3 is 1.36 bits per heavy atom. The second-order valence-electron chi connectivity index (χ2n) is 5.66. The molecule has 1 aliphatic carbocycles. The minimum absolute atomic E-state index is 0.662. The van der Waals surface area contributed by atoms with Crippen molar-refractivity contribution in [3.05, 3.63) is 30.3 Å². The Kier molecular flexibility index (Phi) is 54.6. The van der Waals surface area contributed by atoms with Crippen LogP contribution in [0.4, 0.5) is 5.69 Å². The van der Waals surface area contributed by atoms with Gasteiger partial charge in [-0.25, -0.2) is 0 Å². The lowest BCUT2D eigenvalue weighted by molar-refractivity contribution is 0.394. The first-order valence-electron chi connectivity index (χ1n) is 11.8. The van der Waals surface area contributed by atoms with Crippen LogP contribution in [0.25, 0.3) is 0 Å². The van der Waals surface area contributed by atoms with E-state index in [1.165, 1.54) is 32.1 Å². The molecule has 0 saturated heterocycles. The third-order valence-corrected chi connectivity index (χ3v) is 3.28. The molecule has 1 fully saturated rings. The summed E-state index contributed by atoms with van der Waals surface area (Å²) >= 11 is 0. The van der Waals surface area contributed by atoms with Gasteiger partial charge in [-0.2, -0.15) is 0 Å². The molecule has 0 amide bonds. The van der Waals surface area contributed by atoms with Crippen LogP contribution in [0.3, 0.4) is 0 Å². The molecule has 3 heteroatoms. The maximum absolute atomic E-state index is 5.36. The monoisotopic (exact) mass is 399 g/mol. The van der Waals surface area contributed by atoms with Crippen molar-refractivity contribution in [1.29, 1.82) is 0 Å². The van der Waals surface area contributed by atoms with E-state index in [2.05, 4.69) is 26.2 Å². The van der Waals surface area contributed by atoms with Gasteiger partial charge in [0.2, 0.25) is 0 Å². The number of benzene rings is 1. The van der Waals surface area contributed by atoms with Crippen LogP contribution >= 0.6 is 0 Å². The third-order valence-electron chi connectivity index (χ3n) is 3.28. The maximum atomic E-state index is 5.36. The molecule has 0 atom stereocenters. The summed E-state index contributed by atoms with van der Waals surface area (Å²) in [6, 6.07) is 10.3. The van der Waals surface area contributed by atoms with Crippen LogP contribution in [0.5, 0.6) is 0 Å². The normalized spacial score (nSPS) is 11.5. The fourth-order valence-corrected chi connectivity index (χ4v) is 1.84. The number of anilines is 1. The van der Waals surface area contributed by atoms with Gasteiger partial charge in [-0.05, 0) is 44.5 Å². The zero-order valence-corrected chi connectivity index (χ0v) is 21.4. The van der Waals surface area contributed by atoms with Gasteiger partial charge in [0.25, 0.3) is 0 Å². The van der Waals surface area contributed by atoms with Gasteiger partial charge in [0.05, 0.1) is 0 Å². The lowest BCUT2D eigenvalue weighted by Crippen LogP contribution is -2.26. The molecule has 1 saturated carbocycles. The molecule has 0 aromatic heterocycles. The SMILES string of the molecule is CC.CC.CC.CC.CC(C)CN.CNC1CCCCC1.Nc1ccccc1. The van der Waals surface area contributed by atoms with Crippen LogP contribution < -0.4 is 16.8 Å². The average molecular weight is 400 g/mol. The van der Waals surface area contributed by atoms with E-state index >= 15 is 0 Å². The van der Waals surface area contributed by atoms with Crippen LogP contribution in [-0.2, 0) is 0 Å². The number of nitrogen functional groups attached to an aromatic ring is 1. The van der Waals surface area contributed by atoms with Crippen LogP contribution in [0.1, 0.15) is 101 Å². The van der Waals surface area contributed by atoms with Crippen LogP contribution in [0.15, 0.2) is 30.3 Å². The molecule has 0 heterocycles. The second-order valence-corrected chi connectivity index (χ2v) is 5.66. The van der Waals surface area contributed by atoms with Crippen molar-refractivity contribution in [2.75, 3.05) is 19.3 Å². The van der Waals surface area contributed by atoms with Gasteiger partial charge in [0.15, 0.2) is 0 Å². The van der Waals surface area contributed by atoms with Crippen molar-refractivity contribution in [3.63, 3.8) is 0 Å². The fraction of sp³-hybridized carbons (Fsp3) is 0.760. The van der Waals surface area contributed by atoms with E-state index in [4.69, 9.17) is 11.5 Å². The number of para-hydroxylation sites is 1. The summed E-state index contributed by atoms with van der Waals surface area (Å²) in [5.41, 5.74) is 11.4. The summed E-state index contributed by atoms with van der Waals surface area (Å²) < 4.78 is 0. The molecule has 5 N–H and O–H groups in total. The van der Waals surface area contributed by atoms with Crippen molar-refractivity contribution in [3.8, 4) is 0 Å². The van der Waals surface area contributed by atoms with Gasteiger partial charge < -0.3 is 16.8 Å². The van der Waals surface area contributed by atoms with Gasteiger partial charge in [-0.3, -0.25) is 0 Å². The lowest BCUT2D eigenvalue weighted by atomic mass is 9.96. The highest BCUT2D eigenvalue weighted by Gasteiger charge is 2.09. The van der Waals surface area contributed by atoms with E-state index in [-0.39, 0.29) is 0 Å². The van der Waals surface area contributed by atoms with Crippen LogP contribution in [0.2, 0.25) is 0 Å². The highest BCUT2D eigenvalue weighted by Crippen LogP contribution is 2.16. The van der Waals surface area contributed by atoms with E-state index in [1.54, 1.807) is 0 Å². The zero-order valence-electron chi connectivity index (χ0n) is 21.4. The minimum atomic E-state index is 0.662. The topological polar surface area (TPSA) is 64.1 Å². The fourth-order valence-electron chi connectivity index (χ4n) is 1.84. The summed E-state index contributed by atoms with van der Waals surface area (Å²) in [6.07, 6.45) is 7.13. The molecule has 0 aliphatic heterocycles. The molecular weight excluding hydrogens is 342 g/mol. The van der Waals surface area contributed by atoms with E-state index in [9.17, 15) is 0 Å². The maximum Gasteiger partial charge on any atom is 0.0313 e. The summed E-state index contributed by atoms with van der Waals surface area (Å²) in [6.45, 7) is 21.0. The zero-order chi connectivity index (χ0) is 23.2. The Bertz CT molecular complexity index is 294. The smallest absolute Gasteiger partial charge is 0.0313 e. The quantitative estimate of drug-likeness (QED) is 0.451. The first-order chi connectivity index (χ1) is 13.6. The van der Waals surface area contributed by atoms with E-state index in [0.29, 0.717) is 5.92 Å². The first-order valence-corrected chi connectivity index (χ1v) is 11.8. The molecule has 0 unspecified atom stereocenters. The second kappa shape index (κ2) is 40.6. The van der Waals surface area contributed by atoms with E-state index in [1.807, 2.05) is 85.7 Å². The molecule has 0 radical (unpaired) electrons. The molecule has 1 aromatic carbocycles. The number of rotatable bonds is 2. The van der Waals surface area contributed by atoms with Crippen molar-refractivity contribution in [1.82, 2.24) is 5.32 Å². The predicted molar refractivity (Wildman–Crippen MR) is 136 cm³/mol. The highest BCUT2D eigenvalue weighted by atomic mass is 14.9. The first kappa shape index (κ1) is 37.7. The molecule has 2 rings (SSSR count). The van der Waals surface area contributed by atoms with E-state index in [0.717, 1.165) is 18.3 Å². The summed E-state index contributed by atoms with van der Waals surface area (Å²) in [7, 11) is 2.07.